The Kier molecular flexibility index (Phi) is 7.78. The van der Waals surface area contributed by atoms with Gasteiger partial charge in [-0.3, -0.25) is 0 Å². The van der Waals surface area contributed by atoms with Gasteiger partial charge in [0, 0.05) is 54.3 Å². The van der Waals surface area contributed by atoms with Crippen LogP contribution in [0.3, 0.4) is 0 Å². The lowest BCUT2D eigenvalue weighted by Crippen LogP contribution is -2.24. The standard InChI is InChI=1S/C67H54O2/c1-11-19-48-38(12-2)46-33-37(27-31-50(46)64(48,3)4)45-35-52-57(59-41-22-15-18-25-55(41)68-62(45)59)42-28-29-43-58-53(67(9,10)61(43)60(42)66(52,7)8)34-44(56-40-21-14-17-24-54(40)69-63(56)58)36-26-30-51-47(32-36)39-20-13-16-23-49(39)65(51,5)6/h11-35H,2H2,1,3-10H3/b19-11-. The van der Waals surface area contributed by atoms with Crippen LogP contribution < -0.4 is 0 Å². The van der Waals surface area contributed by atoms with E-state index in [0.717, 1.165) is 44.2 Å². The van der Waals surface area contributed by atoms with Crippen LogP contribution in [0.1, 0.15) is 107 Å². The van der Waals surface area contributed by atoms with Crippen LogP contribution in [0.25, 0.3) is 105 Å². The molecule has 69 heavy (non-hydrogen) atoms. The third kappa shape index (κ3) is 4.92. The SMILES string of the molecule is C=CC1=C(/C=C\C)C(C)(C)c2ccc(-c3cc4c(c5c3oc3ccccc35)-c3ccc5c(c3C4(C)C)C(C)(C)c3cc(-c4ccc6c(c4)-c4ccccc4C6(C)C)c4c(oc6ccccc64)c3-5)cc21. The summed E-state index contributed by atoms with van der Waals surface area (Å²) in [6, 6.07) is 50.2. The molecule has 0 radical (unpaired) electrons. The smallest absolute Gasteiger partial charge is 0.144 e. The van der Waals surface area contributed by atoms with E-state index >= 15 is 0 Å². The summed E-state index contributed by atoms with van der Waals surface area (Å²) in [5, 5.41) is 4.67. The minimum Gasteiger partial charge on any atom is -0.455 e. The number of fused-ring (bicyclic) bond motifs is 19. The maximum absolute atomic E-state index is 7.14. The first-order valence-corrected chi connectivity index (χ1v) is 24.7. The molecule has 4 aliphatic rings. The highest BCUT2D eigenvalue weighted by molar-refractivity contribution is 6.21. The number of para-hydroxylation sites is 2. The topological polar surface area (TPSA) is 26.3 Å². The monoisotopic (exact) mass is 890 g/mol. The van der Waals surface area contributed by atoms with Crippen LogP contribution in [0.2, 0.25) is 0 Å². The molecule has 0 unspecified atom stereocenters. The predicted molar refractivity (Wildman–Crippen MR) is 290 cm³/mol. The van der Waals surface area contributed by atoms with Crippen molar-refractivity contribution in [3.63, 3.8) is 0 Å². The van der Waals surface area contributed by atoms with Crippen LogP contribution in [0, 0.1) is 0 Å². The van der Waals surface area contributed by atoms with Crippen molar-refractivity contribution >= 4 is 49.5 Å². The van der Waals surface area contributed by atoms with E-state index in [1.165, 1.54) is 111 Å². The molecular formula is C67H54O2. The fourth-order valence-electron chi connectivity index (χ4n) is 14.0. The molecule has 14 rings (SSSR count). The highest BCUT2D eigenvalue weighted by Gasteiger charge is 2.49. The molecule has 0 saturated heterocycles. The second kappa shape index (κ2) is 13.2. The molecule has 2 heterocycles. The summed E-state index contributed by atoms with van der Waals surface area (Å²) in [4.78, 5) is 0. The first-order chi connectivity index (χ1) is 33.2. The second-order valence-corrected chi connectivity index (χ2v) is 22.3. The van der Waals surface area contributed by atoms with Crippen molar-refractivity contribution in [1.82, 2.24) is 0 Å². The van der Waals surface area contributed by atoms with Gasteiger partial charge in [-0.2, -0.15) is 0 Å². The second-order valence-electron chi connectivity index (χ2n) is 22.3. The number of hydrogen-bond acceptors (Lipinski definition) is 2. The minimum absolute atomic E-state index is 0.0651. The Morgan fingerprint density at radius 2 is 0.957 bits per heavy atom. The van der Waals surface area contributed by atoms with Crippen molar-refractivity contribution in [2.75, 3.05) is 0 Å². The van der Waals surface area contributed by atoms with E-state index in [1.54, 1.807) is 0 Å². The van der Waals surface area contributed by atoms with Crippen molar-refractivity contribution in [3.8, 4) is 55.6 Å². The molecule has 0 saturated carbocycles. The van der Waals surface area contributed by atoms with Crippen LogP contribution in [-0.2, 0) is 21.7 Å². The largest absolute Gasteiger partial charge is 0.455 e. The summed E-state index contributed by atoms with van der Waals surface area (Å²) in [5.74, 6) is 0. The van der Waals surface area contributed by atoms with Crippen LogP contribution in [0.4, 0.5) is 0 Å². The Morgan fingerprint density at radius 1 is 0.420 bits per heavy atom. The molecule has 2 heteroatoms. The Hall–Kier alpha value is -7.42. The van der Waals surface area contributed by atoms with Gasteiger partial charge >= 0.3 is 0 Å². The summed E-state index contributed by atoms with van der Waals surface area (Å²) >= 11 is 0. The van der Waals surface area contributed by atoms with Crippen molar-refractivity contribution in [2.24, 2.45) is 0 Å². The maximum atomic E-state index is 7.14. The summed E-state index contributed by atoms with van der Waals surface area (Å²) in [6.45, 7) is 25.6. The molecule has 334 valence electrons. The van der Waals surface area contributed by atoms with Gasteiger partial charge in [-0.1, -0.05) is 177 Å². The molecule has 4 aliphatic carbocycles. The van der Waals surface area contributed by atoms with Gasteiger partial charge in [-0.15, -0.1) is 0 Å². The highest BCUT2D eigenvalue weighted by atomic mass is 16.3. The van der Waals surface area contributed by atoms with Crippen molar-refractivity contribution < 1.29 is 8.83 Å². The molecule has 10 aromatic rings. The number of furan rings is 2. The van der Waals surface area contributed by atoms with E-state index in [-0.39, 0.29) is 21.7 Å². The van der Waals surface area contributed by atoms with E-state index in [2.05, 4.69) is 215 Å². The van der Waals surface area contributed by atoms with E-state index in [0.29, 0.717) is 0 Å². The third-order valence-electron chi connectivity index (χ3n) is 17.3. The molecule has 0 amide bonds. The molecule has 0 atom stereocenters. The zero-order valence-corrected chi connectivity index (χ0v) is 41.0. The summed E-state index contributed by atoms with van der Waals surface area (Å²) in [7, 11) is 0. The number of allylic oxidation sites excluding steroid dienone is 5. The van der Waals surface area contributed by atoms with Crippen molar-refractivity contribution in [2.45, 2.75) is 84.0 Å². The average molecular weight is 891 g/mol. The lowest BCUT2D eigenvalue weighted by atomic mass is 9.72. The molecule has 0 aliphatic heterocycles. The van der Waals surface area contributed by atoms with Gasteiger partial charge in [-0.25, -0.2) is 0 Å². The summed E-state index contributed by atoms with van der Waals surface area (Å²) < 4.78 is 14.2. The number of benzene rings is 8. The predicted octanol–water partition coefficient (Wildman–Crippen LogP) is 18.5. The van der Waals surface area contributed by atoms with Gasteiger partial charge < -0.3 is 8.83 Å². The summed E-state index contributed by atoms with van der Waals surface area (Å²) in [6.07, 6.45) is 6.45. The van der Waals surface area contributed by atoms with E-state index in [1.807, 2.05) is 6.08 Å². The number of rotatable bonds is 4. The molecule has 8 aromatic carbocycles. The van der Waals surface area contributed by atoms with E-state index in [9.17, 15) is 0 Å². The molecular weight excluding hydrogens is 837 g/mol. The van der Waals surface area contributed by atoms with Gasteiger partial charge in [0.05, 0.1) is 0 Å². The molecule has 0 fully saturated rings. The Labute approximate surface area is 404 Å². The number of hydrogen-bond donors (Lipinski definition) is 0. The molecule has 2 aromatic heterocycles. The lowest BCUT2D eigenvalue weighted by Gasteiger charge is -2.31. The van der Waals surface area contributed by atoms with Gasteiger partial charge in [0.2, 0.25) is 0 Å². The first kappa shape index (κ1) is 40.6. The fraction of sp³-hybridized carbons (Fsp3) is 0.194. The Bertz CT molecular complexity index is 4090. The lowest BCUT2D eigenvalue weighted by molar-refractivity contribution is 0.601. The normalized spacial score (nSPS) is 17.2. The maximum Gasteiger partial charge on any atom is 0.144 e. The Balaban J connectivity index is 1.01. The molecule has 2 nitrogen and oxygen atoms in total. The molecule has 0 bridgehead atoms. The third-order valence-corrected chi connectivity index (χ3v) is 17.3. The van der Waals surface area contributed by atoms with E-state index < -0.39 is 0 Å². The first-order valence-electron chi connectivity index (χ1n) is 24.7. The van der Waals surface area contributed by atoms with Crippen LogP contribution in [0.15, 0.2) is 173 Å². The zero-order chi connectivity index (χ0) is 47.3. The van der Waals surface area contributed by atoms with Crippen LogP contribution in [-0.4, -0.2) is 0 Å². The zero-order valence-electron chi connectivity index (χ0n) is 41.0. The minimum atomic E-state index is -0.353. The Morgan fingerprint density at radius 3 is 1.64 bits per heavy atom. The quantitative estimate of drug-likeness (QED) is 0.176. The van der Waals surface area contributed by atoms with Gasteiger partial charge in [0.1, 0.15) is 22.3 Å². The van der Waals surface area contributed by atoms with Gasteiger partial charge in [-0.05, 0) is 143 Å². The van der Waals surface area contributed by atoms with Gasteiger partial charge in [0.15, 0.2) is 0 Å². The average Bonchev–Trinajstić information content (AvgIpc) is 4.13. The molecule has 0 N–H and O–H groups in total. The van der Waals surface area contributed by atoms with Crippen LogP contribution >= 0.6 is 0 Å². The van der Waals surface area contributed by atoms with Crippen molar-refractivity contribution in [3.05, 3.63) is 208 Å². The van der Waals surface area contributed by atoms with Gasteiger partial charge in [0.25, 0.3) is 0 Å². The highest BCUT2D eigenvalue weighted by Crippen LogP contribution is 2.64. The fourth-order valence-corrected chi connectivity index (χ4v) is 14.0. The van der Waals surface area contributed by atoms with Crippen LogP contribution in [0.5, 0.6) is 0 Å². The van der Waals surface area contributed by atoms with E-state index in [4.69, 9.17) is 8.83 Å². The van der Waals surface area contributed by atoms with Crippen molar-refractivity contribution in [1.29, 1.82) is 0 Å². The summed E-state index contributed by atoms with van der Waals surface area (Å²) in [5.41, 5.74) is 28.5. The molecule has 0 spiro atoms.